The first-order chi connectivity index (χ1) is 9.16. The van der Waals surface area contributed by atoms with Crippen molar-refractivity contribution in [3.05, 3.63) is 0 Å². The number of hydrogen-bond donors (Lipinski definition) is 1. The second-order valence-electron chi connectivity index (χ2n) is 6.28. The second kappa shape index (κ2) is 7.25. The van der Waals surface area contributed by atoms with Gasteiger partial charge in [-0.05, 0) is 38.6 Å². The minimum absolute atomic E-state index is 0.331. The fourth-order valence-electron chi connectivity index (χ4n) is 3.21. The van der Waals surface area contributed by atoms with Gasteiger partial charge in [0, 0.05) is 45.2 Å². The lowest BCUT2D eigenvalue weighted by Crippen LogP contribution is -2.47. The Morgan fingerprint density at radius 1 is 1.21 bits per heavy atom. The number of nitrogens with one attached hydrogen (secondary N) is 1. The van der Waals surface area contributed by atoms with Crippen LogP contribution >= 0.6 is 0 Å². The molecule has 1 amide bonds. The van der Waals surface area contributed by atoms with Crippen LogP contribution in [-0.2, 0) is 4.79 Å². The lowest BCUT2D eigenvalue weighted by Gasteiger charge is -2.34. The molecule has 110 valence electrons. The summed E-state index contributed by atoms with van der Waals surface area (Å²) in [5.41, 5.74) is 0. The van der Waals surface area contributed by atoms with Gasteiger partial charge in [0.25, 0.3) is 0 Å². The molecule has 2 rings (SSSR count). The molecule has 0 radical (unpaired) electrons. The minimum atomic E-state index is 0.331. The predicted octanol–water partition coefficient (Wildman–Crippen LogP) is 1.32. The molecule has 0 aromatic rings. The van der Waals surface area contributed by atoms with Crippen LogP contribution in [0.1, 0.15) is 39.0 Å². The minimum Gasteiger partial charge on any atom is -0.340 e. The Kier molecular flexibility index (Phi) is 5.64. The van der Waals surface area contributed by atoms with E-state index in [1.165, 1.54) is 25.7 Å². The van der Waals surface area contributed by atoms with Gasteiger partial charge in [0.2, 0.25) is 5.91 Å². The van der Waals surface area contributed by atoms with Crippen molar-refractivity contribution < 1.29 is 4.79 Å². The molecule has 0 aromatic carbocycles. The Hall–Kier alpha value is -0.610. The van der Waals surface area contributed by atoms with Crippen molar-refractivity contribution in [3.8, 4) is 0 Å². The highest BCUT2D eigenvalue weighted by Crippen LogP contribution is 2.26. The van der Waals surface area contributed by atoms with Gasteiger partial charge >= 0.3 is 0 Å². The number of carbonyl (C=O) groups is 1. The molecule has 1 saturated carbocycles. The van der Waals surface area contributed by atoms with Gasteiger partial charge < -0.3 is 15.1 Å². The Labute approximate surface area is 117 Å². The van der Waals surface area contributed by atoms with E-state index in [1.54, 1.807) is 0 Å². The molecule has 4 heteroatoms. The van der Waals surface area contributed by atoms with E-state index in [1.807, 2.05) is 4.90 Å². The number of rotatable bonds is 4. The highest BCUT2D eigenvalue weighted by Gasteiger charge is 2.23. The van der Waals surface area contributed by atoms with E-state index in [0.717, 1.165) is 38.6 Å². The van der Waals surface area contributed by atoms with Crippen LogP contribution in [0, 0.1) is 5.92 Å². The highest BCUT2D eigenvalue weighted by molar-refractivity contribution is 5.76. The van der Waals surface area contributed by atoms with Crippen molar-refractivity contribution in [2.75, 3.05) is 39.8 Å². The lowest BCUT2D eigenvalue weighted by atomic mass is 9.87. The van der Waals surface area contributed by atoms with E-state index in [-0.39, 0.29) is 0 Å². The zero-order chi connectivity index (χ0) is 13.7. The summed E-state index contributed by atoms with van der Waals surface area (Å²) in [5, 5.41) is 3.29. The van der Waals surface area contributed by atoms with Crippen LogP contribution in [0.4, 0.5) is 0 Å². The van der Waals surface area contributed by atoms with E-state index < -0.39 is 0 Å². The zero-order valence-electron chi connectivity index (χ0n) is 12.5. The summed E-state index contributed by atoms with van der Waals surface area (Å²) >= 11 is 0. The largest absolute Gasteiger partial charge is 0.340 e. The first-order valence-electron chi connectivity index (χ1n) is 7.85. The van der Waals surface area contributed by atoms with Crippen molar-refractivity contribution in [3.63, 3.8) is 0 Å². The molecular formula is C15H29N3O. The first kappa shape index (κ1) is 14.8. The lowest BCUT2D eigenvalue weighted by molar-refractivity contribution is -0.132. The maximum Gasteiger partial charge on any atom is 0.223 e. The molecule has 1 N–H and O–H groups in total. The molecule has 1 saturated heterocycles. The summed E-state index contributed by atoms with van der Waals surface area (Å²) in [5.74, 6) is 1.23. The fourth-order valence-corrected chi connectivity index (χ4v) is 3.21. The van der Waals surface area contributed by atoms with Crippen molar-refractivity contribution in [2.45, 2.75) is 45.1 Å². The van der Waals surface area contributed by atoms with Gasteiger partial charge in [-0.3, -0.25) is 4.79 Å². The molecule has 0 unspecified atom stereocenters. The smallest absolute Gasteiger partial charge is 0.223 e. The third-order valence-electron chi connectivity index (χ3n) is 4.76. The number of hydrogen-bond acceptors (Lipinski definition) is 3. The molecule has 0 atom stereocenters. The van der Waals surface area contributed by atoms with E-state index >= 15 is 0 Å². The topological polar surface area (TPSA) is 35.6 Å². The second-order valence-corrected chi connectivity index (χ2v) is 6.28. The SMILES string of the molecule is CC1CCC(N(C)CCC(=O)N2CCNCC2)CC1. The third-order valence-corrected chi connectivity index (χ3v) is 4.76. The highest BCUT2D eigenvalue weighted by atomic mass is 16.2. The molecule has 0 spiro atoms. The van der Waals surface area contributed by atoms with Crippen molar-refractivity contribution in [1.82, 2.24) is 15.1 Å². The molecule has 4 nitrogen and oxygen atoms in total. The Morgan fingerprint density at radius 2 is 1.84 bits per heavy atom. The summed E-state index contributed by atoms with van der Waals surface area (Å²) in [6.45, 7) is 6.92. The van der Waals surface area contributed by atoms with E-state index in [2.05, 4.69) is 24.2 Å². The summed E-state index contributed by atoms with van der Waals surface area (Å²) in [6, 6.07) is 0.701. The normalized spacial score (nSPS) is 28.7. The number of carbonyl (C=O) groups excluding carboxylic acids is 1. The van der Waals surface area contributed by atoms with Crippen LogP contribution < -0.4 is 5.32 Å². The van der Waals surface area contributed by atoms with Gasteiger partial charge in [-0.25, -0.2) is 0 Å². The van der Waals surface area contributed by atoms with Gasteiger partial charge in [0.15, 0.2) is 0 Å². The van der Waals surface area contributed by atoms with Crippen LogP contribution in [-0.4, -0.2) is 61.5 Å². The molecule has 1 aliphatic carbocycles. The van der Waals surface area contributed by atoms with Crippen LogP contribution in [0.15, 0.2) is 0 Å². The van der Waals surface area contributed by atoms with Crippen molar-refractivity contribution >= 4 is 5.91 Å². The monoisotopic (exact) mass is 267 g/mol. The van der Waals surface area contributed by atoms with Crippen molar-refractivity contribution in [1.29, 1.82) is 0 Å². The molecule has 1 aliphatic heterocycles. The van der Waals surface area contributed by atoms with Gasteiger partial charge in [-0.1, -0.05) is 6.92 Å². The Morgan fingerprint density at radius 3 is 2.47 bits per heavy atom. The summed E-state index contributed by atoms with van der Waals surface area (Å²) in [4.78, 5) is 16.5. The van der Waals surface area contributed by atoms with E-state index in [0.29, 0.717) is 18.4 Å². The fraction of sp³-hybridized carbons (Fsp3) is 0.933. The molecular weight excluding hydrogens is 238 g/mol. The zero-order valence-corrected chi connectivity index (χ0v) is 12.5. The quantitative estimate of drug-likeness (QED) is 0.834. The summed E-state index contributed by atoms with van der Waals surface area (Å²) in [7, 11) is 2.19. The van der Waals surface area contributed by atoms with E-state index in [4.69, 9.17) is 0 Å². The predicted molar refractivity (Wildman–Crippen MR) is 78.1 cm³/mol. The molecule has 0 aromatic heterocycles. The average Bonchev–Trinajstić information content (AvgIpc) is 2.46. The summed E-state index contributed by atoms with van der Waals surface area (Å²) in [6.07, 6.45) is 5.99. The van der Waals surface area contributed by atoms with Gasteiger partial charge in [0.05, 0.1) is 0 Å². The van der Waals surface area contributed by atoms with Crippen molar-refractivity contribution in [2.24, 2.45) is 5.92 Å². The van der Waals surface area contributed by atoms with Gasteiger partial charge in [-0.15, -0.1) is 0 Å². The molecule has 2 fully saturated rings. The average molecular weight is 267 g/mol. The number of piperazine rings is 1. The first-order valence-corrected chi connectivity index (χ1v) is 7.85. The third kappa shape index (κ3) is 4.46. The molecule has 0 bridgehead atoms. The van der Waals surface area contributed by atoms with Crippen LogP contribution in [0.2, 0.25) is 0 Å². The molecule has 2 aliphatic rings. The van der Waals surface area contributed by atoms with Gasteiger partial charge in [-0.2, -0.15) is 0 Å². The Balaban J connectivity index is 1.67. The maximum absolute atomic E-state index is 12.1. The molecule has 19 heavy (non-hydrogen) atoms. The molecule has 1 heterocycles. The standard InChI is InChI=1S/C15H29N3O/c1-13-3-5-14(6-4-13)17(2)10-7-15(19)18-11-8-16-9-12-18/h13-14,16H,3-12H2,1-2H3. The van der Waals surface area contributed by atoms with Crippen LogP contribution in [0.3, 0.4) is 0 Å². The summed E-state index contributed by atoms with van der Waals surface area (Å²) < 4.78 is 0. The van der Waals surface area contributed by atoms with E-state index in [9.17, 15) is 4.79 Å². The number of nitrogens with zero attached hydrogens (tertiary/aromatic N) is 2. The van der Waals surface area contributed by atoms with Crippen LogP contribution in [0.25, 0.3) is 0 Å². The number of amides is 1. The van der Waals surface area contributed by atoms with Crippen LogP contribution in [0.5, 0.6) is 0 Å². The van der Waals surface area contributed by atoms with Gasteiger partial charge in [0.1, 0.15) is 0 Å². The Bertz CT molecular complexity index is 281. The maximum atomic E-state index is 12.1.